The predicted octanol–water partition coefficient (Wildman–Crippen LogP) is 3.43. The van der Waals surface area contributed by atoms with E-state index in [4.69, 9.17) is 17.3 Å². The van der Waals surface area contributed by atoms with Crippen LogP contribution in [0, 0.1) is 5.92 Å². The fourth-order valence-electron chi connectivity index (χ4n) is 2.73. The van der Waals surface area contributed by atoms with E-state index in [0.717, 1.165) is 11.6 Å². The van der Waals surface area contributed by atoms with E-state index in [1.807, 2.05) is 6.07 Å². The fourth-order valence-corrected chi connectivity index (χ4v) is 2.94. The number of halogens is 1. The van der Waals surface area contributed by atoms with Gasteiger partial charge in [0.25, 0.3) is 0 Å². The molecule has 0 heterocycles. The highest BCUT2D eigenvalue weighted by Gasteiger charge is 2.25. The summed E-state index contributed by atoms with van der Waals surface area (Å²) in [4.78, 5) is 11.2. The molecular weight excluding hydrogens is 248 g/mol. The highest BCUT2D eigenvalue weighted by atomic mass is 35.5. The van der Waals surface area contributed by atoms with E-state index in [1.165, 1.54) is 25.7 Å². The lowest BCUT2D eigenvalue weighted by molar-refractivity contribution is 0.100. The number of hydrogen-bond donors (Lipinski definition) is 2. The average Bonchev–Trinajstić information content (AvgIpc) is 2.78. The van der Waals surface area contributed by atoms with Gasteiger partial charge in [-0.15, -0.1) is 0 Å². The van der Waals surface area contributed by atoms with E-state index in [-0.39, 0.29) is 0 Å². The summed E-state index contributed by atoms with van der Waals surface area (Å²) in [6, 6.07) is 5.87. The van der Waals surface area contributed by atoms with Crippen LogP contribution in [0.4, 0.5) is 5.69 Å². The first-order chi connectivity index (χ1) is 8.61. The molecule has 0 saturated heterocycles. The lowest BCUT2D eigenvalue weighted by atomic mass is 10.0. The molecular formula is C14H19ClN2O. The number of nitrogens with two attached hydrogens (primary N) is 1. The largest absolute Gasteiger partial charge is 0.382 e. The molecule has 0 aromatic heterocycles. The highest BCUT2D eigenvalue weighted by Crippen LogP contribution is 2.31. The first-order valence-corrected chi connectivity index (χ1v) is 6.85. The number of anilines is 1. The van der Waals surface area contributed by atoms with Crippen molar-refractivity contribution in [1.29, 1.82) is 0 Å². The number of nitrogens with one attached hydrogen (secondary N) is 1. The molecule has 18 heavy (non-hydrogen) atoms. The van der Waals surface area contributed by atoms with Gasteiger partial charge in [0.15, 0.2) is 0 Å². The summed E-state index contributed by atoms with van der Waals surface area (Å²) >= 11 is 5.94. The minimum absolute atomic E-state index is 0.382. The Bertz CT molecular complexity index is 447. The molecule has 0 radical (unpaired) electrons. The number of benzene rings is 1. The number of primary amides is 1. The fraction of sp³-hybridized carbons (Fsp3) is 0.500. The summed E-state index contributed by atoms with van der Waals surface area (Å²) in [5, 5.41) is 3.91. The molecule has 1 aromatic rings. The molecule has 3 nitrogen and oxygen atoms in total. The van der Waals surface area contributed by atoms with Gasteiger partial charge in [0.05, 0.1) is 10.6 Å². The molecule has 1 aromatic carbocycles. The Balaban J connectivity index is 2.14. The zero-order valence-corrected chi connectivity index (χ0v) is 11.3. The van der Waals surface area contributed by atoms with Crippen LogP contribution < -0.4 is 11.1 Å². The monoisotopic (exact) mass is 266 g/mol. The van der Waals surface area contributed by atoms with Gasteiger partial charge in [-0.25, -0.2) is 0 Å². The Kier molecular flexibility index (Phi) is 4.12. The summed E-state index contributed by atoms with van der Waals surface area (Å²) in [7, 11) is 0. The molecule has 0 aliphatic heterocycles. The number of carbonyl (C=O) groups is 1. The highest BCUT2D eigenvalue weighted by molar-refractivity contribution is 6.33. The van der Waals surface area contributed by atoms with Crippen molar-refractivity contribution in [2.45, 2.75) is 38.6 Å². The maximum Gasteiger partial charge on any atom is 0.250 e. The van der Waals surface area contributed by atoms with E-state index in [1.54, 1.807) is 12.1 Å². The van der Waals surface area contributed by atoms with Crippen molar-refractivity contribution in [1.82, 2.24) is 0 Å². The summed E-state index contributed by atoms with van der Waals surface area (Å²) in [5.74, 6) is 0.236. The standard InChI is InChI=1S/C14H19ClN2O/c1-2-9-4-3-5-13(9)17-10-6-7-12(15)11(8-10)14(16)18/h6-9,13,17H,2-5H2,1H3,(H2,16,18). The van der Waals surface area contributed by atoms with Crippen LogP contribution in [0.25, 0.3) is 0 Å². The minimum Gasteiger partial charge on any atom is -0.382 e. The Labute approximate surface area is 113 Å². The van der Waals surface area contributed by atoms with Crippen LogP contribution in [0.15, 0.2) is 18.2 Å². The first kappa shape index (κ1) is 13.2. The quantitative estimate of drug-likeness (QED) is 0.877. The molecule has 0 bridgehead atoms. The van der Waals surface area contributed by atoms with Gasteiger partial charge in [-0.2, -0.15) is 0 Å². The van der Waals surface area contributed by atoms with Gasteiger partial charge in [-0.1, -0.05) is 31.4 Å². The van der Waals surface area contributed by atoms with Crippen molar-refractivity contribution in [3.63, 3.8) is 0 Å². The van der Waals surface area contributed by atoms with Crippen molar-refractivity contribution >= 4 is 23.2 Å². The number of carbonyl (C=O) groups excluding carboxylic acids is 1. The second-order valence-corrected chi connectivity index (χ2v) is 5.32. The zero-order valence-electron chi connectivity index (χ0n) is 10.6. The molecule has 1 fully saturated rings. The van der Waals surface area contributed by atoms with Crippen LogP contribution in [-0.4, -0.2) is 11.9 Å². The van der Waals surface area contributed by atoms with Crippen LogP contribution in [0.5, 0.6) is 0 Å². The Morgan fingerprint density at radius 1 is 1.50 bits per heavy atom. The lowest BCUT2D eigenvalue weighted by Gasteiger charge is -2.21. The number of hydrogen-bond acceptors (Lipinski definition) is 2. The predicted molar refractivity (Wildman–Crippen MR) is 75.0 cm³/mol. The number of rotatable bonds is 4. The molecule has 2 unspecified atom stereocenters. The summed E-state index contributed by atoms with van der Waals surface area (Å²) < 4.78 is 0. The van der Waals surface area contributed by atoms with E-state index in [9.17, 15) is 4.79 Å². The van der Waals surface area contributed by atoms with Gasteiger partial charge in [0, 0.05) is 11.7 Å². The molecule has 2 atom stereocenters. The smallest absolute Gasteiger partial charge is 0.250 e. The van der Waals surface area contributed by atoms with Crippen molar-refractivity contribution in [3.8, 4) is 0 Å². The lowest BCUT2D eigenvalue weighted by Crippen LogP contribution is -2.23. The van der Waals surface area contributed by atoms with Crippen molar-refractivity contribution in [2.24, 2.45) is 11.7 Å². The second kappa shape index (κ2) is 5.61. The van der Waals surface area contributed by atoms with Crippen LogP contribution in [-0.2, 0) is 0 Å². The van der Waals surface area contributed by atoms with Crippen molar-refractivity contribution in [2.75, 3.05) is 5.32 Å². The average molecular weight is 267 g/mol. The van der Waals surface area contributed by atoms with E-state index in [0.29, 0.717) is 16.6 Å². The van der Waals surface area contributed by atoms with Gasteiger partial charge < -0.3 is 11.1 Å². The van der Waals surface area contributed by atoms with Crippen molar-refractivity contribution < 1.29 is 4.79 Å². The van der Waals surface area contributed by atoms with E-state index in [2.05, 4.69) is 12.2 Å². The number of amides is 1. The Morgan fingerprint density at radius 3 is 2.94 bits per heavy atom. The molecule has 4 heteroatoms. The normalized spacial score (nSPS) is 23.0. The molecule has 1 amide bonds. The molecule has 1 aliphatic carbocycles. The van der Waals surface area contributed by atoms with Gasteiger partial charge in [-0.05, 0) is 37.0 Å². The van der Waals surface area contributed by atoms with Crippen LogP contribution >= 0.6 is 11.6 Å². The minimum atomic E-state index is -0.484. The Hall–Kier alpha value is -1.22. The maximum absolute atomic E-state index is 11.2. The third-order valence-electron chi connectivity index (χ3n) is 3.77. The van der Waals surface area contributed by atoms with Gasteiger partial charge in [-0.3, -0.25) is 4.79 Å². The van der Waals surface area contributed by atoms with Crippen LogP contribution in [0.3, 0.4) is 0 Å². The van der Waals surface area contributed by atoms with Gasteiger partial charge >= 0.3 is 0 Å². The summed E-state index contributed by atoms with van der Waals surface area (Å²) in [6.07, 6.45) is 4.93. The molecule has 98 valence electrons. The van der Waals surface area contributed by atoms with E-state index >= 15 is 0 Å². The first-order valence-electron chi connectivity index (χ1n) is 6.47. The molecule has 0 spiro atoms. The summed E-state index contributed by atoms with van der Waals surface area (Å²) in [5.41, 5.74) is 6.61. The third kappa shape index (κ3) is 2.78. The molecule has 1 aliphatic rings. The van der Waals surface area contributed by atoms with E-state index < -0.39 is 5.91 Å². The van der Waals surface area contributed by atoms with Gasteiger partial charge in [0.1, 0.15) is 0 Å². The van der Waals surface area contributed by atoms with Crippen molar-refractivity contribution in [3.05, 3.63) is 28.8 Å². The summed E-state index contributed by atoms with van der Waals surface area (Å²) in [6.45, 7) is 2.22. The van der Waals surface area contributed by atoms with Crippen LogP contribution in [0.2, 0.25) is 5.02 Å². The topological polar surface area (TPSA) is 55.1 Å². The SMILES string of the molecule is CCC1CCCC1Nc1ccc(Cl)c(C(N)=O)c1. The maximum atomic E-state index is 11.2. The van der Waals surface area contributed by atoms with Crippen LogP contribution in [0.1, 0.15) is 43.0 Å². The third-order valence-corrected chi connectivity index (χ3v) is 4.10. The molecule has 1 saturated carbocycles. The molecule has 3 N–H and O–H groups in total. The second-order valence-electron chi connectivity index (χ2n) is 4.91. The van der Waals surface area contributed by atoms with Gasteiger partial charge in [0.2, 0.25) is 5.91 Å². The Morgan fingerprint density at radius 2 is 2.28 bits per heavy atom. The zero-order chi connectivity index (χ0) is 13.1. The molecule has 2 rings (SSSR count).